The standard InChI is InChI=1S/C24H28O3/c1-8-14-27-24(25)15-18(3)11-9-10-17(2)12-13-22-19(4)16-23(26-7)21(6)20(22)5/h1,9-13,15-16H,14H2,2-7H3/b11-9+,13-12+,17-10+,18-15+. The first kappa shape index (κ1) is 22.1. The van der Waals surface area contributed by atoms with E-state index in [0.29, 0.717) is 0 Å². The predicted molar refractivity (Wildman–Crippen MR) is 113 cm³/mol. The maximum absolute atomic E-state index is 11.4. The molecule has 0 fully saturated rings. The molecule has 0 saturated heterocycles. The molecule has 0 aliphatic heterocycles. The van der Waals surface area contributed by atoms with Crippen LogP contribution in [0.2, 0.25) is 0 Å². The summed E-state index contributed by atoms with van der Waals surface area (Å²) in [7, 11) is 1.70. The molecule has 0 aliphatic carbocycles. The van der Waals surface area contributed by atoms with Crippen molar-refractivity contribution in [1.82, 2.24) is 0 Å². The fourth-order valence-corrected chi connectivity index (χ4v) is 2.54. The molecule has 0 aromatic heterocycles. The van der Waals surface area contributed by atoms with Crippen LogP contribution in [-0.2, 0) is 9.53 Å². The van der Waals surface area contributed by atoms with Gasteiger partial charge in [-0.15, -0.1) is 6.42 Å². The Morgan fingerprint density at radius 3 is 2.48 bits per heavy atom. The van der Waals surface area contributed by atoms with Crippen LogP contribution < -0.4 is 4.74 Å². The van der Waals surface area contributed by atoms with Gasteiger partial charge in [-0.2, -0.15) is 0 Å². The van der Waals surface area contributed by atoms with Crippen LogP contribution in [0.1, 0.15) is 36.1 Å². The fraction of sp³-hybridized carbons (Fsp3) is 0.292. The van der Waals surface area contributed by atoms with Crippen molar-refractivity contribution >= 4 is 12.0 Å². The number of terminal acetylenes is 1. The van der Waals surface area contributed by atoms with Crippen LogP contribution in [0.25, 0.3) is 6.08 Å². The minimum Gasteiger partial charge on any atom is -0.496 e. The molecule has 0 radical (unpaired) electrons. The lowest BCUT2D eigenvalue weighted by molar-refractivity contribution is -0.136. The number of methoxy groups -OCH3 is 1. The maximum Gasteiger partial charge on any atom is 0.331 e. The average molecular weight is 364 g/mol. The number of hydrogen-bond donors (Lipinski definition) is 0. The number of carbonyl (C=O) groups excluding carboxylic acids is 1. The van der Waals surface area contributed by atoms with Gasteiger partial charge in [0.05, 0.1) is 7.11 Å². The Balaban J connectivity index is 2.86. The third kappa shape index (κ3) is 7.03. The zero-order valence-corrected chi connectivity index (χ0v) is 17.1. The van der Waals surface area contributed by atoms with Crippen molar-refractivity contribution in [3.05, 3.63) is 69.8 Å². The van der Waals surface area contributed by atoms with E-state index in [0.717, 1.165) is 22.5 Å². The Morgan fingerprint density at radius 2 is 1.85 bits per heavy atom. The summed E-state index contributed by atoms with van der Waals surface area (Å²) >= 11 is 0. The van der Waals surface area contributed by atoms with Gasteiger partial charge in [0.2, 0.25) is 0 Å². The van der Waals surface area contributed by atoms with E-state index in [4.69, 9.17) is 15.9 Å². The van der Waals surface area contributed by atoms with Crippen molar-refractivity contribution in [3.63, 3.8) is 0 Å². The number of ether oxygens (including phenoxy) is 2. The molecule has 142 valence electrons. The molecule has 0 spiro atoms. The van der Waals surface area contributed by atoms with Crippen molar-refractivity contribution in [2.45, 2.75) is 34.6 Å². The van der Waals surface area contributed by atoms with E-state index in [1.54, 1.807) is 7.11 Å². The van der Waals surface area contributed by atoms with Gasteiger partial charge in [-0.05, 0) is 68.5 Å². The number of carbonyl (C=O) groups is 1. The molecule has 0 N–H and O–H groups in total. The van der Waals surface area contributed by atoms with E-state index < -0.39 is 5.97 Å². The number of aryl methyl sites for hydroxylation is 1. The molecule has 1 aromatic carbocycles. The Morgan fingerprint density at radius 1 is 1.15 bits per heavy atom. The number of rotatable bonds is 7. The van der Waals surface area contributed by atoms with Gasteiger partial charge in [-0.1, -0.05) is 41.9 Å². The van der Waals surface area contributed by atoms with Crippen LogP contribution in [0.3, 0.4) is 0 Å². The van der Waals surface area contributed by atoms with Gasteiger partial charge in [-0.3, -0.25) is 0 Å². The number of hydrogen-bond acceptors (Lipinski definition) is 3. The molecular weight excluding hydrogens is 336 g/mol. The summed E-state index contributed by atoms with van der Waals surface area (Å²) in [6, 6.07) is 2.06. The molecule has 0 saturated carbocycles. The first-order valence-electron chi connectivity index (χ1n) is 8.76. The highest BCUT2D eigenvalue weighted by molar-refractivity contribution is 5.83. The SMILES string of the molecule is C#CCOC(=O)/C=C(C)/C=C/C=C(C)/C=C/c1c(C)cc(OC)c(C)c1C. The molecule has 1 aromatic rings. The summed E-state index contributed by atoms with van der Waals surface area (Å²) in [4.78, 5) is 11.4. The highest BCUT2D eigenvalue weighted by Crippen LogP contribution is 2.28. The van der Waals surface area contributed by atoms with Crippen LogP contribution in [0.5, 0.6) is 5.75 Å². The van der Waals surface area contributed by atoms with E-state index >= 15 is 0 Å². The number of esters is 1. The number of benzene rings is 1. The third-order valence-corrected chi connectivity index (χ3v) is 4.20. The lowest BCUT2D eigenvalue weighted by Gasteiger charge is -2.13. The molecule has 0 aliphatic rings. The normalized spacial score (nSPS) is 12.5. The number of allylic oxidation sites excluding steroid dienone is 6. The molecule has 1 rings (SSSR count). The van der Waals surface area contributed by atoms with E-state index in [9.17, 15) is 4.79 Å². The Bertz CT molecular complexity index is 843. The minimum absolute atomic E-state index is 0.0141. The van der Waals surface area contributed by atoms with Gasteiger partial charge in [0.15, 0.2) is 6.61 Å². The molecule has 27 heavy (non-hydrogen) atoms. The topological polar surface area (TPSA) is 35.5 Å². The molecule has 0 heterocycles. The lowest BCUT2D eigenvalue weighted by atomic mass is 9.96. The van der Waals surface area contributed by atoms with Crippen molar-refractivity contribution in [3.8, 4) is 18.1 Å². The Labute approximate surface area is 163 Å². The second-order valence-corrected chi connectivity index (χ2v) is 6.36. The predicted octanol–water partition coefficient (Wildman–Crippen LogP) is 5.26. The summed E-state index contributed by atoms with van der Waals surface area (Å²) in [5, 5.41) is 0. The average Bonchev–Trinajstić information content (AvgIpc) is 2.62. The van der Waals surface area contributed by atoms with Gasteiger partial charge >= 0.3 is 5.97 Å². The van der Waals surface area contributed by atoms with Gasteiger partial charge < -0.3 is 9.47 Å². The van der Waals surface area contributed by atoms with Crippen molar-refractivity contribution in [2.75, 3.05) is 13.7 Å². The van der Waals surface area contributed by atoms with E-state index in [2.05, 4.69) is 44.9 Å². The van der Waals surface area contributed by atoms with Crippen molar-refractivity contribution in [1.29, 1.82) is 0 Å². The molecular formula is C24H28O3. The molecule has 0 unspecified atom stereocenters. The first-order valence-corrected chi connectivity index (χ1v) is 8.76. The second kappa shape index (κ2) is 10.9. The Hall–Kier alpha value is -2.99. The maximum atomic E-state index is 11.4. The van der Waals surface area contributed by atoms with Crippen LogP contribution in [0.4, 0.5) is 0 Å². The van der Waals surface area contributed by atoms with Crippen molar-refractivity contribution < 1.29 is 14.3 Å². The fourth-order valence-electron chi connectivity index (χ4n) is 2.54. The van der Waals surface area contributed by atoms with E-state index in [1.807, 2.05) is 32.1 Å². The zero-order valence-electron chi connectivity index (χ0n) is 17.1. The summed E-state index contributed by atoms with van der Waals surface area (Å²) < 4.78 is 10.2. The molecule has 3 heteroatoms. The lowest BCUT2D eigenvalue weighted by Crippen LogP contribution is -2.00. The van der Waals surface area contributed by atoms with E-state index in [1.165, 1.54) is 22.8 Å². The summed E-state index contributed by atoms with van der Waals surface area (Å²) in [6.45, 7) is 10.1. The molecule has 0 bridgehead atoms. The highest BCUT2D eigenvalue weighted by Gasteiger charge is 2.08. The molecule has 3 nitrogen and oxygen atoms in total. The Kier molecular flexibility index (Phi) is 8.89. The summed E-state index contributed by atoms with van der Waals surface area (Å²) in [6.07, 6.45) is 16.4. The van der Waals surface area contributed by atoms with Gasteiger partial charge in [-0.25, -0.2) is 4.79 Å². The van der Waals surface area contributed by atoms with Gasteiger partial charge in [0.1, 0.15) is 5.75 Å². The summed E-state index contributed by atoms with van der Waals surface area (Å²) in [5.74, 6) is 2.74. The second-order valence-electron chi connectivity index (χ2n) is 6.36. The first-order chi connectivity index (χ1) is 12.8. The van der Waals surface area contributed by atoms with Gasteiger partial charge in [0.25, 0.3) is 0 Å². The van der Waals surface area contributed by atoms with Crippen molar-refractivity contribution in [2.24, 2.45) is 0 Å². The van der Waals surface area contributed by atoms with Crippen LogP contribution in [0.15, 0.2) is 47.6 Å². The molecule has 0 amide bonds. The van der Waals surface area contributed by atoms with Crippen LogP contribution >= 0.6 is 0 Å². The smallest absolute Gasteiger partial charge is 0.331 e. The summed E-state index contributed by atoms with van der Waals surface area (Å²) in [5.41, 5.74) is 6.65. The monoisotopic (exact) mass is 364 g/mol. The quantitative estimate of drug-likeness (QED) is 0.287. The molecule has 0 atom stereocenters. The largest absolute Gasteiger partial charge is 0.496 e. The third-order valence-electron chi connectivity index (χ3n) is 4.20. The zero-order chi connectivity index (χ0) is 20.4. The van der Waals surface area contributed by atoms with E-state index in [-0.39, 0.29) is 6.61 Å². The van der Waals surface area contributed by atoms with Crippen LogP contribution in [0, 0.1) is 33.1 Å². The van der Waals surface area contributed by atoms with Gasteiger partial charge in [0, 0.05) is 6.08 Å². The highest BCUT2D eigenvalue weighted by atomic mass is 16.5. The minimum atomic E-state index is -0.434. The van der Waals surface area contributed by atoms with Crippen LogP contribution in [-0.4, -0.2) is 19.7 Å².